The number of rotatable bonds is 16. The lowest BCUT2D eigenvalue weighted by Gasteiger charge is -2.18. The second-order valence-corrected chi connectivity index (χ2v) is 54.2. The molecule has 0 aliphatic heterocycles. The number of ether oxygens (including phenoxy) is 6. The van der Waals surface area contributed by atoms with E-state index in [0.717, 1.165) is 71.2 Å². The minimum Gasteiger partial charge on any atom is -0.564 e. The van der Waals surface area contributed by atoms with E-state index < -0.39 is 159 Å². The first-order chi connectivity index (χ1) is 61.9. The monoisotopic (exact) mass is 4030 g/mol. The van der Waals surface area contributed by atoms with Crippen LogP contribution in [-0.4, -0.2) is 98.8 Å². The van der Waals surface area contributed by atoms with Crippen molar-refractivity contribution in [1.82, 2.24) is 0 Å². The molecular weight excluding hydrogens is 4000 g/mol. The Balaban J connectivity index is 0.000000288. The van der Waals surface area contributed by atoms with Gasteiger partial charge in [0, 0.05) is 98.8 Å². The van der Waals surface area contributed by atoms with Gasteiger partial charge in [0.2, 0.25) is 5.82 Å². The van der Waals surface area contributed by atoms with Crippen LogP contribution in [0.2, 0.25) is 0 Å². The molecule has 0 radical (unpaired) electrons. The molecule has 10 rings (SSSR count). The van der Waals surface area contributed by atoms with Gasteiger partial charge in [0.25, 0.3) is 50.1 Å². The third-order valence-corrected chi connectivity index (χ3v) is 33.3. The van der Waals surface area contributed by atoms with E-state index in [-0.39, 0.29) is 32.8 Å². The molecule has 0 bridgehead atoms. The average molecular weight is 4030 g/mol. The maximum absolute atomic E-state index is 13.6. The van der Waals surface area contributed by atoms with E-state index in [9.17, 15) is 134 Å². The maximum atomic E-state index is 13.6. The van der Waals surface area contributed by atoms with Crippen molar-refractivity contribution in [3.05, 3.63) is 256 Å². The van der Waals surface area contributed by atoms with Crippen LogP contribution in [0, 0.1) is 99.2 Å². The van der Waals surface area contributed by atoms with Crippen molar-refractivity contribution in [3.8, 4) is 34.5 Å². The molecule has 135 heavy (non-hydrogen) atoms. The number of hydrogen-bond donors (Lipinski definition) is 0. The van der Waals surface area contributed by atoms with Crippen LogP contribution in [0.4, 0.5) is 52.7 Å². The Bertz CT molecular complexity index is 6950. The number of nitrogens with zero attached hydrogens (tertiary/aromatic N) is 6. The highest BCUT2D eigenvalue weighted by Gasteiger charge is 2.46. The molecule has 0 heterocycles. The molecule has 10 aromatic rings. The SMILES string of the molecule is CS(=O)(=O)N=C([O-])Oc1c(I)cc(I)cc1I.O=S(=O)(N=C([O-])Oc1c(I)cc(I)cc1I)C(F)(F)F.O=S(=O)(N=C([O-])Oc1c(I)cc(I)cc1I)c1c(F)c(F)c(F)c(F)c1F.O=S(=O)(N=C([O-])Oc1c(I)cc(I)cc1I)c1ccc(C(F)(F)F)cc1.O=S(=O)(N=C([O-])Oc1c(I)cc(I)cc1I)c1ccc(F)cc1.O=S(=O)(N=C([O-])Oc1c(I)cc(I)cc1I)c1ccccc1. The first-order valence-electron chi connectivity index (χ1n) is 32.4. The summed E-state index contributed by atoms with van der Waals surface area (Å²) in [5.74, 6) is -12.5. The maximum Gasteiger partial charge on any atom is 0.518 e. The highest BCUT2D eigenvalue weighted by atomic mass is 127. The van der Waals surface area contributed by atoms with E-state index >= 15 is 0 Å². The molecule has 66 heteroatoms. The zero-order valence-electron chi connectivity index (χ0n) is 63.2. The van der Waals surface area contributed by atoms with Gasteiger partial charge in [-0.2, -0.15) is 68.4 Å². The fraction of sp³-hybridized carbons (Fsp3) is 0.0435. The van der Waals surface area contributed by atoms with Crippen molar-refractivity contribution in [2.75, 3.05) is 6.26 Å². The molecule has 0 N–H and O–H groups in total. The van der Waals surface area contributed by atoms with Gasteiger partial charge in [0.1, 0.15) is 5.82 Å². The summed E-state index contributed by atoms with van der Waals surface area (Å²) in [6.45, 7) is 0. The quantitative estimate of drug-likeness (QED) is 0.0216. The van der Waals surface area contributed by atoms with E-state index in [1.807, 2.05) is 250 Å². The average Bonchev–Trinajstić information content (AvgIpc) is 0.765. The molecule has 0 saturated heterocycles. The van der Waals surface area contributed by atoms with Crippen molar-refractivity contribution >= 4 is 503 Å². The summed E-state index contributed by atoms with van der Waals surface area (Å²) in [6, 6.07) is 34.8. The van der Waals surface area contributed by atoms with Gasteiger partial charge in [-0.15, -0.1) is 26.4 Å². The normalized spacial score (nSPS) is 12.6. The summed E-state index contributed by atoms with van der Waals surface area (Å²) in [7, 11) is -28.1. The highest BCUT2D eigenvalue weighted by molar-refractivity contribution is 14.1. The van der Waals surface area contributed by atoms with Gasteiger partial charge in [-0.1, -0.05) is 18.2 Å². The van der Waals surface area contributed by atoms with Crippen molar-refractivity contribution in [3.63, 3.8) is 0 Å². The van der Waals surface area contributed by atoms with Gasteiger partial charge in [0.05, 0.1) is 26.5 Å². The Hall–Kier alpha value is -0.180. The Labute approximate surface area is 1000 Å². The Morgan fingerprint density at radius 2 is 0.474 bits per heavy atom. The molecule has 0 aliphatic rings. The van der Waals surface area contributed by atoms with Crippen LogP contribution in [0.5, 0.6) is 34.5 Å². The zero-order chi connectivity index (χ0) is 103. The van der Waals surface area contributed by atoms with Gasteiger partial charge in [-0.05, 0) is 540 Å². The van der Waals surface area contributed by atoms with Crippen molar-refractivity contribution < 1.29 is 162 Å². The van der Waals surface area contributed by atoms with Gasteiger partial charge in [-0.3, -0.25) is 0 Å². The van der Waals surface area contributed by atoms with Gasteiger partial charge in [0.15, 0.2) is 64.7 Å². The number of hydrogen-bond acceptors (Lipinski definition) is 24. The van der Waals surface area contributed by atoms with Crippen molar-refractivity contribution in [1.29, 1.82) is 0 Å². The van der Waals surface area contributed by atoms with Crippen LogP contribution < -0.4 is 59.1 Å². The van der Waals surface area contributed by atoms with E-state index in [4.69, 9.17) is 23.7 Å². The molecule has 0 atom stereocenters. The van der Waals surface area contributed by atoms with Crippen LogP contribution in [0.1, 0.15) is 5.56 Å². The molecule has 10 aromatic carbocycles. The summed E-state index contributed by atoms with van der Waals surface area (Å²) >= 11 is 35.4. The summed E-state index contributed by atoms with van der Waals surface area (Å²) in [5.41, 5.74) is -6.65. The lowest BCUT2D eigenvalue weighted by molar-refractivity contribution is -0.240. The standard InChI is InChI=1S/C14H7F3I3NO4S.C13H3F5I3NO4S.C13H7FI3NO4S.C13H8I3NO4S.C8H3F3I3NO4S.C8H6I3NO4S/c15-14(16,17)7-1-3-9(4-2-7)26(23,24)21-13(22)25-12-10(19)5-8(18)6-11(12)20;14-6-7(15)9(17)12(10(18)8(6)16)27(24,25)22-13(23)26-11-4(20)1-3(19)2-5(11)21;14-7-1-3-9(4-2-7)23(20,21)18-13(19)22-12-10(16)5-8(15)6-11(12)17;14-8-6-10(15)12(11(16)7-8)21-13(18)17-22(19,20)9-4-2-1-3-5-9;9-8(10,11)20(17,18)15-7(16)19-6-4(13)1-3(12)2-5(6)14;1-17(14,15)12-8(13)16-7-5(10)2-4(9)3-6(7)11/h1-6H,(H,21,22);1-2H,(H,22,23);1-6H,(H,18,19);1-7H,(H,17,18);1-2H,(H,15,16);2-3H,1H3,(H,12,13)/p-6. The number of halogens is 30. The number of benzene rings is 10. The van der Waals surface area contributed by atoms with E-state index in [0.29, 0.717) is 59.3 Å². The Morgan fingerprint density at radius 3 is 0.696 bits per heavy atom. The van der Waals surface area contributed by atoms with E-state index in [2.05, 4.69) is 121 Å². The van der Waals surface area contributed by atoms with Gasteiger partial charge < -0.3 is 59.1 Å². The second kappa shape index (κ2) is 54.7. The van der Waals surface area contributed by atoms with E-state index in [1.165, 1.54) is 12.1 Å². The number of alkyl halides is 6. The molecule has 0 amide bonds. The molecule has 0 spiro atoms. The zero-order valence-corrected chi connectivity index (χ0v) is 107. The fourth-order valence-corrected chi connectivity index (χ4v) is 35.0. The molecule has 30 nitrogen and oxygen atoms in total. The van der Waals surface area contributed by atoms with Crippen LogP contribution in [-0.2, 0) is 66.3 Å². The van der Waals surface area contributed by atoms with Crippen LogP contribution >= 0.6 is 407 Å². The summed E-state index contributed by atoms with van der Waals surface area (Å²) in [5, 5.41) is 69.7. The molecule has 0 fully saturated rings. The third kappa shape index (κ3) is 40.1. The summed E-state index contributed by atoms with van der Waals surface area (Å²) in [6.07, 6.45) is -12.4. The largest absolute Gasteiger partial charge is 0.564 e. The van der Waals surface area contributed by atoms with E-state index in [1.54, 1.807) is 157 Å². The Morgan fingerprint density at radius 1 is 0.274 bits per heavy atom. The lowest BCUT2D eigenvalue weighted by Crippen LogP contribution is -2.30. The summed E-state index contributed by atoms with van der Waals surface area (Å²) < 4.78 is 350. The van der Waals surface area contributed by atoms with Crippen molar-refractivity contribution in [2.45, 2.75) is 31.3 Å². The van der Waals surface area contributed by atoms with Gasteiger partial charge in [-0.25, -0.2) is 34.8 Å². The molecule has 0 saturated carbocycles. The van der Waals surface area contributed by atoms with Crippen molar-refractivity contribution in [2.24, 2.45) is 26.4 Å². The first kappa shape index (κ1) is 125. The molecule has 0 aliphatic carbocycles. The summed E-state index contributed by atoms with van der Waals surface area (Å²) in [4.78, 5) is -3.14. The third-order valence-electron chi connectivity index (χ3n) is 13.5. The lowest BCUT2D eigenvalue weighted by atomic mass is 10.2. The minimum absolute atomic E-state index is 0.0438. The molecule has 730 valence electrons. The molecule has 0 unspecified atom stereocenters. The second-order valence-electron chi connectivity index (χ2n) is 23.2. The van der Waals surface area contributed by atoms with Crippen LogP contribution in [0.15, 0.2) is 198 Å². The topological polar surface area (TPSA) is 473 Å². The first-order valence-corrected chi connectivity index (χ1v) is 60.9. The molecule has 0 aromatic heterocycles. The highest BCUT2D eigenvalue weighted by Crippen LogP contribution is 2.38. The van der Waals surface area contributed by atoms with Gasteiger partial charge >= 0.3 is 21.7 Å². The van der Waals surface area contributed by atoms with Crippen LogP contribution in [0.3, 0.4) is 0 Å². The minimum atomic E-state index is -5.91. The Kier molecular flexibility index (Phi) is 50.7. The predicted octanol–water partition coefficient (Wildman–Crippen LogP) is 17.8. The molecular formula is C69H28F12I18N6O24S6-6. The smallest absolute Gasteiger partial charge is 0.518 e. The van der Waals surface area contributed by atoms with Crippen LogP contribution in [0.25, 0.3) is 0 Å². The fourth-order valence-electron chi connectivity index (χ4n) is 8.10. The number of sulfonamides is 6. The predicted molar refractivity (Wildman–Crippen MR) is 605 cm³/mol.